The van der Waals surface area contributed by atoms with Crippen molar-refractivity contribution < 1.29 is 4.79 Å². The summed E-state index contributed by atoms with van der Waals surface area (Å²) in [4.78, 5) is 16.5. The number of likely N-dealkylation sites (N-methyl/N-ethyl adjacent to an activating group) is 1. The van der Waals surface area contributed by atoms with Gasteiger partial charge in [0.1, 0.15) is 0 Å². The van der Waals surface area contributed by atoms with Gasteiger partial charge in [-0.15, -0.1) is 0 Å². The van der Waals surface area contributed by atoms with Gasteiger partial charge in [-0.25, -0.2) is 0 Å². The summed E-state index contributed by atoms with van der Waals surface area (Å²) in [7, 11) is 2.01. The fraction of sp³-hybridized carbons (Fsp3) is 0.562. The van der Waals surface area contributed by atoms with E-state index < -0.39 is 0 Å². The summed E-state index contributed by atoms with van der Waals surface area (Å²) >= 11 is 3.56. The molecule has 1 saturated heterocycles. The van der Waals surface area contributed by atoms with Crippen molar-refractivity contribution in [2.45, 2.75) is 38.8 Å². The van der Waals surface area contributed by atoms with Crippen LogP contribution in [0.3, 0.4) is 0 Å². The van der Waals surface area contributed by atoms with E-state index in [1.807, 2.05) is 30.1 Å². The lowest BCUT2D eigenvalue weighted by Crippen LogP contribution is -2.46. The molecule has 1 aliphatic rings. The summed E-state index contributed by atoms with van der Waals surface area (Å²) in [6.07, 6.45) is 3.53. The number of rotatable bonds is 4. The summed E-state index contributed by atoms with van der Waals surface area (Å²) < 4.78 is 1.10. The largest absolute Gasteiger partial charge is 0.339 e. The zero-order valence-corrected chi connectivity index (χ0v) is 13.9. The molecule has 0 aliphatic carbocycles. The maximum Gasteiger partial charge on any atom is 0.236 e. The van der Waals surface area contributed by atoms with Crippen LogP contribution in [0, 0.1) is 0 Å². The molecule has 3 nitrogen and oxygen atoms in total. The Bertz CT molecular complexity index is 464. The number of carbonyl (C=O) groups excluding carboxylic acids is 1. The standard InChI is InChI=1S/C16H23BrN2O/c1-13-7-5-6-10-19(13)16(20)12-18(2)11-14-8-3-4-9-15(14)17/h3-4,8-9,13H,5-7,10-12H2,1-2H3. The number of halogens is 1. The van der Waals surface area contributed by atoms with Crippen LogP contribution >= 0.6 is 15.9 Å². The Morgan fingerprint density at radius 2 is 2.15 bits per heavy atom. The first-order chi connectivity index (χ1) is 9.58. The normalized spacial score (nSPS) is 19.4. The van der Waals surface area contributed by atoms with Crippen molar-refractivity contribution in [2.75, 3.05) is 20.1 Å². The molecule has 1 aromatic carbocycles. The minimum Gasteiger partial charge on any atom is -0.339 e. The summed E-state index contributed by atoms with van der Waals surface area (Å²) in [6, 6.07) is 8.57. The molecule has 0 radical (unpaired) electrons. The monoisotopic (exact) mass is 338 g/mol. The molecule has 1 fully saturated rings. The van der Waals surface area contributed by atoms with Gasteiger partial charge in [0, 0.05) is 23.6 Å². The smallest absolute Gasteiger partial charge is 0.236 e. The molecule has 2 rings (SSSR count). The van der Waals surface area contributed by atoms with Crippen LogP contribution in [0.4, 0.5) is 0 Å². The van der Waals surface area contributed by atoms with E-state index in [2.05, 4.69) is 33.8 Å². The molecular weight excluding hydrogens is 316 g/mol. The lowest BCUT2D eigenvalue weighted by Gasteiger charge is -2.34. The maximum absolute atomic E-state index is 12.4. The topological polar surface area (TPSA) is 23.6 Å². The van der Waals surface area contributed by atoms with E-state index in [1.54, 1.807) is 0 Å². The Morgan fingerprint density at radius 1 is 1.40 bits per heavy atom. The summed E-state index contributed by atoms with van der Waals surface area (Å²) in [5, 5.41) is 0. The van der Waals surface area contributed by atoms with Gasteiger partial charge in [-0.2, -0.15) is 0 Å². The van der Waals surface area contributed by atoms with E-state index in [9.17, 15) is 4.79 Å². The highest BCUT2D eigenvalue weighted by Gasteiger charge is 2.23. The van der Waals surface area contributed by atoms with Gasteiger partial charge >= 0.3 is 0 Å². The summed E-state index contributed by atoms with van der Waals surface area (Å²) in [5.74, 6) is 0.256. The average Bonchev–Trinajstić information content (AvgIpc) is 2.41. The summed E-state index contributed by atoms with van der Waals surface area (Å²) in [5.41, 5.74) is 1.22. The minimum atomic E-state index is 0.256. The number of hydrogen-bond acceptors (Lipinski definition) is 2. The Morgan fingerprint density at radius 3 is 2.85 bits per heavy atom. The molecule has 4 heteroatoms. The highest BCUT2D eigenvalue weighted by molar-refractivity contribution is 9.10. The first-order valence-electron chi connectivity index (χ1n) is 7.29. The van der Waals surface area contributed by atoms with Gasteiger partial charge in [-0.3, -0.25) is 9.69 Å². The number of hydrogen-bond donors (Lipinski definition) is 0. The Kier molecular flexibility index (Phi) is 5.61. The molecule has 0 aromatic heterocycles. The molecule has 1 unspecified atom stereocenters. The van der Waals surface area contributed by atoms with Crippen LogP contribution in [0.2, 0.25) is 0 Å². The molecule has 1 amide bonds. The predicted octanol–water partition coefficient (Wildman–Crippen LogP) is 3.28. The van der Waals surface area contributed by atoms with Crippen molar-refractivity contribution in [3.8, 4) is 0 Å². The number of piperidine rings is 1. The minimum absolute atomic E-state index is 0.256. The quantitative estimate of drug-likeness (QED) is 0.841. The maximum atomic E-state index is 12.4. The van der Waals surface area contributed by atoms with Gasteiger partial charge in [0.25, 0.3) is 0 Å². The molecular formula is C16H23BrN2O. The Labute approximate surface area is 130 Å². The van der Waals surface area contributed by atoms with Crippen LogP contribution in [-0.4, -0.2) is 41.9 Å². The predicted molar refractivity (Wildman–Crippen MR) is 85.5 cm³/mol. The number of likely N-dealkylation sites (tertiary alicyclic amines) is 1. The van der Waals surface area contributed by atoms with Gasteiger partial charge in [-0.1, -0.05) is 34.1 Å². The van der Waals surface area contributed by atoms with E-state index in [4.69, 9.17) is 0 Å². The van der Waals surface area contributed by atoms with Gasteiger partial charge < -0.3 is 4.90 Å². The second-order valence-electron chi connectivity index (χ2n) is 5.70. The molecule has 20 heavy (non-hydrogen) atoms. The van der Waals surface area contributed by atoms with Crippen LogP contribution in [-0.2, 0) is 11.3 Å². The third-order valence-corrected chi connectivity index (χ3v) is 4.70. The Balaban J connectivity index is 1.89. The van der Waals surface area contributed by atoms with E-state index in [-0.39, 0.29) is 5.91 Å². The average molecular weight is 339 g/mol. The van der Waals surface area contributed by atoms with Crippen LogP contribution < -0.4 is 0 Å². The highest BCUT2D eigenvalue weighted by atomic mass is 79.9. The van der Waals surface area contributed by atoms with Crippen molar-refractivity contribution in [1.29, 1.82) is 0 Å². The van der Waals surface area contributed by atoms with E-state index in [0.29, 0.717) is 12.6 Å². The van der Waals surface area contributed by atoms with E-state index >= 15 is 0 Å². The molecule has 0 spiro atoms. The van der Waals surface area contributed by atoms with Crippen LogP contribution in [0.5, 0.6) is 0 Å². The van der Waals surface area contributed by atoms with Gasteiger partial charge in [-0.05, 0) is 44.9 Å². The molecule has 0 bridgehead atoms. The zero-order valence-electron chi connectivity index (χ0n) is 12.3. The van der Waals surface area contributed by atoms with Crippen molar-refractivity contribution in [3.05, 3.63) is 34.3 Å². The van der Waals surface area contributed by atoms with Crippen LogP contribution in [0.15, 0.2) is 28.7 Å². The first-order valence-corrected chi connectivity index (χ1v) is 8.08. The zero-order chi connectivity index (χ0) is 14.5. The molecule has 1 atom stereocenters. The molecule has 0 N–H and O–H groups in total. The third kappa shape index (κ3) is 4.06. The highest BCUT2D eigenvalue weighted by Crippen LogP contribution is 2.19. The lowest BCUT2D eigenvalue weighted by atomic mass is 10.0. The van der Waals surface area contributed by atoms with E-state index in [1.165, 1.54) is 12.0 Å². The second-order valence-corrected chi connectivity index (χ2v) is 6.55. The molecule has 1 heterocycles. The molecule has 1 aliphatic heterocycles. The Hall–Kier alpha value is -0.870. The second kappa shape index (κ2) is 7.23. The van der Waals surface area contributed by atoms with Gasteiger partial charge in [0.05, 0.1) is 6.54 Å². The first kappa shape index (κ1) is 15.5. The fourth-order valence-electron chi connectivity index (χ4n) is 2.76. The lowest BCUT2D eigenvalue weighted by molar-refractivity contribution is -0.135. The van der Waals surface area contributed by atoms with Crippen LogP contribution in [0.1, 0.15) is 31.7 Å². The molecule has 0 saturated carbocycles. The summed E-state index contributed by atoms with van der Waals surface area (Å²) in [6.45, 7) is 4.36. The van der Waals surface area contributed by atoms with Crippen molar-refractivity contribution in [3.63, 3.8) is 0 Å². The number of carbonyl (C=O) groups is 1. The fourth-order valence-corrected chi connectivity index (χ4v) is 3.17. The molecule has 110 valence electrons. The SMILES string of the molecule is CC1CCCCN1C(=O)CN(C)Cc1ccccc1Br. The molecule has 1 aromatic rings. The van der Waals surface area contributed by atoms with Crippen molar-refractivity contribution in [1.82, 2.24) is 9.80 Å². The number of nitrogens with zero attached hydrogens (tertiary/aromatic N) is 2. The van der Waals surface area contributed by atoms with Crippen molar-refractivity contribution in [2.24, 2.45) is 0 Å². The van der Waals surface area contributed by atoms with Gasteiger partial charge in [0.15, 0.2) is 0 Å². The number of amides is 1. The third-order valence-electron chi connectivity index (χ3n) is 3.93. The number of benzene rings is 1. The van der Waals surface area contributed by atoms with Crippen LogP contribution in [0.25, 0.3) is 0 Å². The van der Waals surface area contributed by atoms with Crippen molar-refractivity contribution >= 4 is 21.8 Å². The van der Waals surface area contributed by atoms with E-state index in [0.717, 1.165) is 30.4 Å². The van der Waals surface area contributed by atoms with Gasteiger partial charge in [0.2, 0.25) is 5.91 Å².